The summed E-state index contributed by atoms with van der Waals surface area (Å²) in [6.07, 6.45) is 0. The molecular formula is C9H23HfN2. The van der Waals surface area contributed by atoms with E-state index in [9.17, 15) is 0 Å². The van der Waals surface area contributed by atoms with Crippen LogP contribution in [0, 0.1) is 0 Å². The van der Waals surface area contributed by atoms with Crippen molar-refractivity contribution in [1.29, 1.82) is 0 Å². The fourth-order valence-electron chi connectivity index (χ4n) is 1.46. The summed E-state index contributed by atoms with van der Waals surface area (Å²) in [5, 5.41) is 0. The quantitative estimate of drug-likeness (QED) is 0.786. The first-order chi connectivity index (χ1) is 5.39. The molecule has 0 fully saturated rings. The van der Waals surface area contributed by atoms with Gasteiger partial charge < -0.3 is 0 Å². The van der Waals surface area contributed by atoms with Crippen molar-refractivity contribution in [3.8, 4) is 0 Å². The number of hydrogen-bond acceptors (Lipinski definition) is 1. The van der Waals surface area contributed by atoms with E-state index in [0.29, 0.717) is 0 Å². The first kappa shape index (κ1) is 12.6. The van der Waals surface area contributed by atoms with Crippen LogP contribution in [0.15, 0.2) is 2.92 Å². The Morgan fingerprint density at radius 3 is 1.67 bits per heavy atom. The maximum atomic E-state index is 5.01. The third-order valence-electron chi connectivity index (χ3n) is 2.18. The average molecular weight is 338 g/mol. The third-order valence-corrected chi connectivity index (χ3v) is 17.9. The molecule has 0 atom stereocenters. The van der Waals surface area contributed by atoms with Gasteiger partial charge in [0.2, 0.25) is 0 Å². The average Bonchev–Trinajstić information content (AvgIpc) is 1.99. The summed E-state index contributed by atoms with van der Waals surface area (Å²) >= 11 is -2.36. The van der Waals surface area contributed by atoms with E-state index in [2.05, 4.69) is 45.0 Å². The van der Waals surface area contributed by atoms with Gasteiger partial charge in [-0.3, -0.25) is 0 Å². The summed E-state index contributed by atoms with van der Waals surface area (Å²) in [6, 6.07) is 0. The van der Waals surface area contributed by atoms with Crippen LogP contribution in [-0.4, -0.2) is 12.6 Å². The van der Waals surface area contributed by atoms with Crippen LogP contribution < -0.4 is 3.30 Å². The van der Waals surface area contributed by atoms with Gasteiger partial charge in [-0.1, -0.05) is 0 Å². The molecule has 0 heterocycles. The second kappa shape index (κ2) is 4.75. The zero-order valence-electron chi connectivity index (χ0n) is 9.36. The fraction of sp³-hybridized carbons (Fsp3) is 1.00. The van der Waals surface area contributed by atoms with Crippen molar-refractivity contribution in [2.24, 2.45) is 2.92 Å². The van der Waals surface area contributed by atoms with Crippen molar-refractivity contribution in [2.45, 2.75) is 48.5 Å². The van der Waals surface area contributed by atoms with Gasteiger partial charge in [0, 0.05) is 0 Å². The molecule has 0 amide bonds. The molecule has 0 rings (SSSR count). The number of hydrogen-bond donors (Lipinski definition) is 1. The zero-order chi connectivity index (χ0) is 9.83. The van der Waals surface area contributed by atoms with Gasteiger partial charge in [-0.05, 0) is 0 Å². The van der Waals surface area contributed by atoms with E-state index in [-0.39, 0.29) is 5.54 Å². The maximum absolute atomic E-state index is 5.01. The second-order valence-corrected chi connectivity index (χ2v) is 19.4. The van der Waals surface area contributed by atoms with Crippen LogP contribution in [-0.2, 0) is 20.1 Å². The molecule has 0 aliphatic heterocycles. The molecule has 73 valence electrons. The van der Waals surface area contributed by atoms with Gasteiger partial charge in [-0.15, -0.1) is 0 Å². The molecule has 0 saturated heterocycles. The van der Waals surface area contributed by atoms with Gasteiger partial charge >= 0.3 is 81.9 Å². The Labute approximate surface area is 81.8 Å². The van der Waals surface area contributed by atoms with E-state index < -0.39 is 20.1 Å². The fourth-order valence-corrected chi connectivity index (χ4v) is 11.9. The first-order valence-electron chi connectivity index (χ1n) is 4.82. The molecule has 0 aromatic heterocycles. The van der Waals surface area contributed by atoms with Crippen LogP contribution in [0.25, 0.3) is 0 Å². The van der Waals surface area contributed by atoms with Crippen LogP contribution in [0.2, 0.25) is 8.35 Å². The molecule has 12 heavy (non-hydrogen) atoms. The van der Waals surface area contributed by atoms with E-state index in [1.165, 1.54) is 8.35 Å². The molecule has 2 nitrogen and oxygen atoms in total. The van der Waals surface area contributed by atoms with E-state index in [0.717, 1.165) is 0 Å². The molecule has 0 saturated carbocycles. The van der Waals surface area contributed by atoms with E-state index >= 15 is 0 Å². The van der Waals surface area contributed by atoms with Crippen molar-refractivity contribution < 1.29 is 20.1 Å². The number of rotatable bonds is 3. The van der Waals surface area contributed by atoms with Gasteiger partial charge in [0.25, 0.3) is 0 Å². The van der Waals surface area contributed by atoms with E-state index in [4.69, 9.17) is 2.92 Å². The summed E-state index contributed by atoms with van der Waals surface area (Å²) in [6.45, 7) is 11.1. The minimum absolute atomic E-state index is 0.149. The zero-order valence-corrected chi connectivity index (χ0v) is 13.0. The van der Waals surface area contributed by atoms with Gasteiger partial charge in [0.15, 0.2) is 0 Å². The molecule has 0 spiro atoms. The normalized spacial score (nSPS) is 13.2. The van der Waals surface area contributed by atoms with Gasteiger partial charge in [0.05, 0.1) is 0 Å². The molecule has 3 heteroatoms. The molecular weight excluding hydrogens is 315 g/mol. The van der Waals surface area contributed by atoms with Crippen LogP contribution in [0.3, 0.4) is 0 Å². The van der Waals surface area contributed by atoms with Crippen molar-refractivity contribution in [2.75, 3.05) is 7.05 Å². The SMILES string of the molecule is C[CH2][Hf]([CH2]C)(=[N]C(C)(C)C)[NH]C. The molecule has 0 bridgehead atoms. The van der Waals surface area contributed by atoms with Crippen molar-refractivity contribution in [3.05, 3.63) is 0 Å². The third kappa shape index (κ3) is 4.04. The predicted molar refractivity (Wildman–Crippen MR) is 52.2 cm³/mol. The topological polar surface area (TPSA) is 24.4 Å². The van der Waals surface area contributed by atoms with Crippen LogP contribution in [0.4, 0.5) is 0 Å². The molecule has 0 unspecified atom stereocenters. The molecule has 0 aromatic carbocycles. The second-order valence-electron chi connectivity index (χ2n) is 4.27. The number of nitrogens with zero attached hydrogens (tertiary/aromatic N) is 1. The molecule has 1 N–H and O–H groups in total. The van der Waals surface area contributed by atoms with Gasteiger partial charge in [0.1, 0.15) is 0 Å². The van der Waals surface area contributed by atoms with Crippen LogP contribution >= 0.6 is 0 Å². The summed E-state index contributed by atoms with van der Waals surface area (Å²) in [4.78, 5) is 0. The summed E-state index contributed by atoms with van der Waals surface area (Å²) in [5.74, 6) is 0. The van der Waals surface area contributed by atoms with Crippen molar-refractivity contribution >= 4 is 0 Å². The summed E-state index contributed by atoms with van der Waals surface area (Å²) < 4.78 is 11.1. The summed E-state index contributed by atoms with van der Waals surface area (Å²) in [7, 11) is 2.09. The Hall–Kier alpha value is 0.630. The first-order valence-corrected chi connectivity index (χ1v) is 13.3. The standard InChI is InChI=1S/C4H9N.2C2H5.CH4N.Hf/c1-4(2,3)5;3*1-2;/h1-3H3;2*1H2,2H3;2H,1H3;/q;;;-1;+1. The molecule has 0 radical (unpaired) electrons. The molecule has 0 aromatic rings. The van der Waals surface area contributed by atoms with Crippen molar-refractivity contribution in [1.82, 2.24) is 3.30 Å². The van der Waals surface area contributed by atoms with Crippen LogP contribution in [0.1, 0.15) is 34.6 Å². The number of nitrogens with one attached hydrogen (secondary N) is 1. The van der Waals surface area contributed by atoms with Crippen molar-refractivity contribution in [3.63, 3.8) is 0 Å². The van der Waals surface area contributed by atoms with E-state index in [1.807, 2.05) is 0 Å². The Morgan fingerprint density at radius 2 is 1.58 bits per heavy atom. The molecule has 0 aliphatic rings. The Morgan fingerprint density at radius 1 is 1.17 bits per heavy atom. The van der Waals surface area contributed by atoms with Gasteiger partial charge in [-0.2, -0.15) is 0 Å². The predicted octanol–water partition coefficient (Wildman–Crippen LogP) is 3.13. The minimum atomic E-state index is -2.36. The molecule has 0 aliphatic carbocycles. The summed E-state index contributed by atoms with van der Waals surface area (Å²) in [5.41, 5.74) is 0.149. The van der Waals surface area contributed by atoms with E-state index in [1.54, 1.807) is 0 Å². The Kier molecular flexibility index (Phi) is 5.00. The Bertz CT molecular complexity index is 160. The monoisotopic (exact) mass is 339 g/mol. The Balaban J connectivity index is 4.82. The van der Waals surface area contributed by atoms with Gasteiger partial charge in [-0.25, -0.2) is 0 Å². The van der Waals surface area contributed by atoms with Crippen LogP contribution in [0.5, 0.6) is 0 Å².